The lowest BCUT2D eigenvalue weighted by molar-refractivity contribution is -0.141. The Kier molecular flexibility index (Phi) is 2.93. The Morgan fingerprint density at radius 2 is 2.07 bits per heavy atom. The minimum atomic E-state index is -0.868. The van der Waals surface area contributed by atoms with Crippen LogP contribution in [0.2, 0.25) is 0 Å². The van der Waals surface area contributed by atoms with Gasteiger partial charge in [-0.2, -0.15) is 0 Å². The van der Waals surface area contributed by atoms with Gasteiger partial charge in [0.05, 0.1) is 11.8 Å². The summed E-state index contributed by atoms with van der Waals surface area (Å²) in [5.41, 5.74) is 0.897. The fraction of sp³-hybridized carbons (Fsp3) is 0.600. The minimum absolute atomic E-state index is 0.0830. The summed E-state index contributed by atoms with van der Waals surface area (Å²) in [6.45, 7) is 6.04. The van der Waals surface area contributed by atoms with Gasteiger partial charge in [0.1, 0.15) is 0 Å². The van der Waals surface area contributed by atoms with Crippen molar-refractivity contribution in [2.24, 2.45) is 11.8 Å². The third-order valence-corrected chi connectivity index (χ3v) is 2.31. The van der Waals surface area contributed by atoms with Gasteiger partial charge in [-0.15, -0.1) is 0 Å². The summed E-state index contributed by atoms with van der Waals surface area (Å²) in [7, 11) is 1.67. The first-order valence-corrected chi connectivity index (χ1v) is 4.55. The molecule has 1 N–H and O–H groups in total. The fourth-order valence-electron chi connectivity index (χ4n) is 1.51. The number of likely N-dealkylation sites (N-methyl/N-ethyl adjacent to an activating group) is 1. The lowest BCUT2D eigenvalue weighted by Gasteiger charge is -2.16. The second-order valence-electron chi connectivity index (χ2n) is 3.94. The Balaban J connectivity index is 2.44. The highest BCUT2D eigenvalue weighted by atomic mass is 16.4. The first-order valence-electron chi connectivity index (χ1n) is 4.55. The number of hydrogen-bond donors (Lipinski definition) is 1. The zero-order valence-electron chi connectivity index (χ0n) is 8.49. The molecule has 0 aromatic rings. The van der Waals surface area contributed by atoms with Crippen molar-refractivity contribution in [2.75, 3.05) is 13.6 Å². The first kappa shape index (κ1) is 10.8. The molecule has 4 nitrogen and oxygen atoms in total. The van der Waals surface area contributed by atoms with Crippen LogP contribution in [-0.4, -0.2) is 35.5 Å². The number of aliphatic carboxylic acids is 1. The molecule has 4 heteroatoms. The van der Waals surface area contributed by atoms with E-state index < -0.39 is 11.9 Å². The van der Waals surface area contributed by atoms with Crippen molar-refractivity contribution in [3.05, 3.63) is 12.2 Å². The number of hydrogen-bond acceptors (Lipinski definition) is 2. The van der Waals surface area contributed by atoms with E-state index in [1.807, 2.05) is 6.92 Å². The largest absolute Gasteiger partial charge is 0.481 e. The molecule has 1 aliphatic rings. The molecule has 0 radical (unpaired) electrons. The van der Waals surface area contributed by atoms with Crippen molar-refractivity contribution in [3.63, 3.8) is 0 Å². The van der Waals surface area contributed by atoms with Crippen molar-refractivity contribution in [2.45, 2.75) is 13.3 Å². The Morgan fingerprint density at radius 1 is 1.50 bits per heavy atom. The molecule has 1 rings (SSSR count). The van der Waals surface area contributed by atoms with E-state index in [-0.39, 0.29) is 11.8 Å². The van der Waals surface area contributed by atoms with E-state index in [1.165, 1.54) is 4.90 Å². The lowest BCUT2D eigenvalue weighted by Crippen LogP contribution is -2.30. The van der Waals surface area contributed by atoms with Crippen molar-refractivity contribution in [3.8, 4) is 0 Å². The summed E-state index contributed by atoms with van der Waals surface area (Å²) in [6, 6.07) is 0. The first-order chi connectivity index (χ1) is 6.43. The quantitative estimate of drug-likeness (QED) is 0.676. The number of carbonyl (C=O) groups is 2. The van der Waals surface area contributed by atoms with E-state index in [0.717, 1.165) is 5.57 Å². The molecule has 2 atom stereocenters. The zero-order valence-corrected chi connectivity index (χ0v) is 8.49. The summed E-state index contributed by atoms with van der Waals surface area (Å²) in [5.74, 6) is -1.72. The molecular formula is C10H15NO3. The fourth-order valence-corrected chi connectivity index (χ4v) is 1.51. The van der Waals surface area contributed by atoms with E-state index >= 15 is 0 Å². The standard InChI is InChI=1S/C10H15NO3/c1-6(2)5-11(3)9(12)7-4-8(7)10(13)14/h7-8H,1,4-5H2,2-3H3,(H,13,14). The average Bonchev–Trinajstić information content (AvgIpc) is 2.80. The summed E-state index contributed by atoms with van der Waals surface area (Å²) < 4.78 is 0. The van der Waals surface area contributed by atoms with Crippen LogP contribution in [0, 0.1) is 11.8 Å². The number of nitrogens with zero attached hydrogens (tertiary/aromatic N) is 1. The molecule has 0 aromatic carbocycles. The normalized spacial score (nSPS) is 24.1. The highest BCUT2D eigenvalue weighted by Gasteiger charge is 2.49. The van der Waals surface area contributed by atoms with E-state index in [0.29, 0.717) is 13.0 Å². The van der Waals surface area contributed by atoms with E-state index in [4.69, 9.17) is 5.11 Å². The third-order valence-electron chi connectivity index (χ3n) is 2.31. The van der Waals surface area contributed by atoms with E-state index in [9.17, 15) is 9.59 Å². The number of rotatable bonds is 4. The van der Waals surface area contributed by atoms with Crippen LogP contribution in [0.4, 0.5) is 0 Å². The monoisotopic (exact) mass is 197 g/mol. The molecule has 0 spiro atoms. The molecular weight excluding hydrogens is 182 g/mol. The molecule has 2 unspecified atom stereocenters. The molecule has 1 amide bonds. The van der Waals surface area contributed by atoms with Gasteiger partial charge in [0.15, 0.2) is 0 Å². The van der Waals surface area contributed by atoms with Gasteiger partial charge in [0, 0.05) is 13.6 Å². The second kappa shape index (κ2) is 3.82. The van der Waals surface area contributed by atoms with Gasteiger partial charge in [0.2, 0.25) is 5.91 Å². The van der Waals surface area contributed by atoms with Crippen molar-refractivity contribution >= 4 is 11.9 Å². The molecule has 0 aromatic heterocycles. The zero-order chi connectivity index (χ0) is 10.9. The molecule has 0 bridgehead atoms. The second-order valence-corrected chi connectivity index (χ2v) is 3.94. The van der Waals surface area contributed by atoms with Gasteiger partial charge < -0.3 is 10.0 Å². The average molecular weight is 197 g/mol. The van der Waals surface area contributed by atoms with Gasteiger partial charge in [-0.25, -0.2) is 0 Å². The van der Waals surface area contributed by atoms with Crippen molar-refractivity contribution in [1.82, 2.24) is 4.90 Å². The van der Waals surface area contributed by atoms with Crippen LogP contribution in [0.5, 0.6) is 0 Å². The summed E-state index contributed by atoms with van der Waals surface area (Å²) in [6.07, 6.45) is 0.481. The molecule has 78 valence electrons. The van der Waals surface area contributed by atoms with Crippen LogP contribution in [0.3, 0.4) is 0 Å². The predicted octanol–water partition coefficient (Wildman–Crippen LogP) is 0.742. The smallest absolute Gasteiger partial charge is 0.307 e. The molecule has 1 saturated carbocycles. The topological polar surface area (TPSA) is 57.6 Å². The number of carboxylic acids is 1. The molecule has 1 fully saturated rings. The highest BCUT2D eigenvalue weighted by molar-refractivity contribution is 5.89. The van der Waals surface area contributed by atoms with Crippen LogP contribution in [0.25, 0.3) is 0 Å². The molecule has 0 heterocycles. The van der Waals surface area contributed by atoms with Crippen LogP contribution in [0.1, 0.15) is 13.3 Å². The van der Waals surface area contributed by atoms with Crippen LogP contribution >= 0.6 is 0 Å². The van der Waals surface area contributed by atoms with Gasteiger partial charge in [-0.3, -0.25) is 9.59 Å². The summed E-state index contributed by atoms with van der Waals surface area (Å²) in [5, 5.41) is 8.65. The Morgan fingerprint density at radius 3 is 2.43 bits per heavy atom. The minimum Gasteiger partial charge on any atom is -0.481 e. The van der Waals surface area contributed by atoms with Gasteiger partial charge in [0.25, 0.3) is 0 Å². The van der Waals surface area contributed by atoms with E-state index in [1.54, 1.807) is 7.05 Å². The molecule has 1 aliphatic carbocycles. The lowest BCUT2D eigenvalue weighted by atomic mass is 10.2. The third kappa shape index (κ3) is 2.34. The maximum Gasteiger partial charge on any atom is 0.307 e. The highest BCUT2D eigenvalue weighted by Crippen LogP contribution is 2.39. The Bertz CT molecular complexity index is 281. The summed E-state index contributed by atoms with van der Waals surface area (Å²) >= 11 is 0. The predicted molar refractivity (Wildman–Crippen MR) is 51.7 cm³/mol. The number of carboxylic acid groups (broad SMARTS) is 1. The SMILES string of the molecule is C=C(C)CN(C)C(=O)C1CC1C(=O)O. The number of amides is 1. The van der Waals surface area contributed by atoms with Crippen LogP contribution < -0.4 is 0 Å². The van der Waals surface area contributed by atoms with Crippen molar-refractivity contribution in [1.29, 1.82) is 0 Å². The summed E-state index contributed by atoms with van der Waals surface area (Å²) in [4.78, 5) is 23.6. The maximum absolute atomic E-state index is 11.6. The molecule has 0 aliphatic heterocycles. The van der Waals surface area contributed by atoms with Crippen molar-refractivity contribution < 1.29 is 14.7 Å². The number of carbonyl (C=O) groups excluding carboxylic acids is 1. The van der Waals surface area contributed by atoms with Gasteiger partial charge in [-0.05, 0) is 13.3 Å². The Labute approximate surface area is 83.2 Å². The molecule has 0 saturated heterocycles. The van der Waals surface area contributed by atoms with Crippen LogP contribution in [0.15, 0.2) is 12.2 Å². The van der Waals surface area contributed by atoms with Gasteiger partial charge in [-0.1, -0.05) is 12.2 Å². The van der Waals surface area contributed by atoms with Crippen LogP contribution in [-0.2, 0) is 9.59 Å². The van der Waals surface area contributed by atoms with E-state index in [2.05, 4.69) is 6.58 Å². The maximum atomic E-state index is 11.6. The molecule has 14 heavy (non-hydrogen) atoms. The van der Waals surface area contributed by atoms with Gasteiger partial charge >= 0.3 is 5.97 Å². The Hall–Kier alpha value is -1.32.